The number of amidine groups is 1. The number of amides is 1. The minimum absolute atomic E-state index is 0.166. The van der Waals surface area contributed by atoms with Crippen molar-refractivity contribution in [3.63, 3.8) is 0 Å². The van der Waals surface area contributed by atoms with Crippen molar-refractivity contribution < 1.29 is 13.2 Å². The van der Waals surface area contributed by atoms with Gasteiger partial charge in [0.15, 0.2) is 0 Å². The molecule has 2 aromatic rings. The number of sulfonamides is 1. The Kier molecular flexibility index (Phi) is 8.41. The smallest absolute Gasteiger partial charge is 0.263 e. The van der Waals surface area contributed by atoms with Crippen molar-refractivity contribution in [1.29, 1.82) is 0 Å². The molecule has 32 heavy (non-hydrogen) atoms. The van der Waals surface area contributed by atoms with E-state index in [-0.39, 0.29) is 16.6 Å². The van der Waals surface area contributed by atoms with Crippen molar-refractivity contribution in [3.05, 3.63) is 65.7 Å². The molecule has 172 valence electrons. The van der Waals surface area contributed by atoms with E-state index < -0.39 is 16.1 Å². The second-order valence-electron chi connectivity index (χ2n) is 8.11. The fraction of sp³-hybridized carbons (Fsp3) is 0.417. The largest absolute Gasteiger partial charge is 0.354 e. The zero-order valence-corrected chi connectivity index (χ0v) is 19.6. The zero-order chi connectivity index (χ0) is 23.0. The molecular formula is C24H32N4O3S. The zero-order valence-electron chi connectivity index (χ0n) is 18.8. The molecule has 1 aliphatic rings. The highest BCUT2D eigenvalue weighted by Crippen LogP contribution is 2.23. The van der Waals surface area contributed by atoms with E-state index in [0.717, 1.165) is 32.4 Å². The van der Waals surface area contributed by atoms with E-state index in [1.165, 1.54) is 5.56 Å². The second kappa shape index (κ2) is 11.2. The van der Waals surface area contributed by atoms with Crippen LogP contribution in [0.5, 0.6) is 0 Å². The van der Waals surface area contributed by atoms with Crippen LogP contribution in [0.3, 0.4) is 0 Å². The summed E-state index contributed by atoms with van der Waals surface area (Å²) in [5, 5.41) is 2.98. The van der Waals surface area contributed by atoms with Gasteiger partial charge in [0.2, 0.25) is 5.91 Å². The number of benzene rings is 2. The number of hydrogen-bond donors (Lipinski definition) is 2. The van der Waals surface area contributed by atoms with Gasteiger partial charge in [0.05, 0.1) is 4.90 Å². The molecular weight excluding hydrogens is 424 g/mol. The first-order valence-electron chi connectivity index (χ1n) is 11.1. The Morgan fingerprint density at radius 3 is 2.56 bits per heavy atom. The molecule has 0 radical (unpaired) electrons. The average Bonchev–Trinajstić information content (AvgIpc) is 3.04. The molecule has 0 aliphatic carbocycles. The van der Waals surface area contributed by atoms with E-state index in [9.17, 15) is 13.2 Å². The first kappa shape index (κ1) is 23.9. The number of fused-ring (bicyclic) bond motifs is 1. The summed E-state index contributed by atoms with van der Waals surface area (Å²) in [4.78, 5) is 19.8. The number of unbranched alkanes of at least 4 members (excludes halogenated alkanes) is 1. The van der Waals surface area contributed by atoms with Crippen molar-refractivity contribution in [2.75, 3.05) is 20.1 Å². The maximum atomic E-state index is 12.8. The Morgan fingerprint density at radius 2 is 1.81 bits per heavy atom. The van der Waals surface area contributed by atoms with Gasteiger partial charge in [0, 0.05) is 18.7 Å². The fourth-order valence-electron chi connectivity index (χ4n) is 3.69. The molecule has 1 unspecified atom stereocenters. The van der Waals surface area contributed by atoms with Crippen molar-refractivity contribution in [1.82, 2.24) is 14.9 Å². The van der Waals surface area contributed by atoms with Gasteiger partial charge < -0.3 is 10.2 Å². The monoisotopic (exact) mass is 456 g/mol. The molecule has 0 spiro atoms. The second-order valence-corrected chi connectivity index (χ2v) is 9.76. The van der Waals surface area contributed by atoms with E-state index in [1.807, 2.05) is 18.2 Å². The molecule has 8 heteroatoms. The molecule has 1 amide bonds. The molecule has 2 aromatic carbocycles. The lowest BCUT2D eigenvalue weighted by Crippen LogP contribution is -2.37. The van der Waals surface area contributed by atoms with Crippen LogP contribution in [-0.2, 0) is 21.4 Å². The summed E-state index contributed by atoms with van der Waals surface area (Å²) in [7, 11) is -1.56. The van der Waals surface area contributed by atoms with Crippen LogP contribution < -0.4 is 10.0 Å². The molecule has 1 atom stereocenters. The van der Waals surface area contributed by atoms with Gasteiger partial charge in [-0.1, -0.05) is 62.2 Å². The summed E-state index contributed by atoms with van der Waals surface area (Å²) in [5.41, 5.74) is 1.78. The molecule has 0 aromatic heterocycles. The summed E-state index contributed by atoms with van der Waals surface area (Å²) in [6, 6.07) is 16.4. The molecule has 0 saturated carbocycles. The van der Waals surface area contributed by atoms with Gasteiger partial charge in [-0.2, -0.15) is 0 Å². The maximum absolute atomic E-state index is 12.8. The molecule has 1 aliphatic heterocycles. The topological polar surface area (TPSA) is 90.9 Å². The van der Waals surface area contributed by atoms with E-state index in [2.05, 4.69) is 46.0 Å². The molecule has 0 fully saturated rings. The number of nitrogens with one attached hydrogen (secondary N) is 2. The number of nitrogens with zero attached hydrogens (tertiary/aromatic N) is 2. The van der Waals surface area contributed by atoms with Crippen molar-refractivity contribution in [2.45, 2.75) is 50.1 Å². The summed E-state index contributed by atoms with van der Waals surface area (Å²) in [6.07, 6.45) is 3.16. The standard InChI is InChI=1S/C24H32N4O3S/c1-3-4-14-21(26-23-20-13-8-9-15-22(20)32(30,31)27-23)24(29)25-16-10-17-28(2)18-19-11-6-5-7-12-19/h5-9,11-13,15,21H,3-4,10,14,16-18H2,1-2H3,(H,25,29)(H,26,27). The van der Waals surface area contributed by atoms with Crippen molar-refractivity contribution >= 4 is 21.8 Å². The highest BCUT2D eigenvalue weighted by atomic mass is 32.2. The predicted molar refractivity (Wildman–Crippen MR) is 127 cm³/mol. The number of aliphatic imine (C=N–C) groups is 1. The summed E-state index contributed by atoms with van der Waals surface area (Å²) >= 11 is 0. The quantitative estimate of drug-likeness (QED) is 0.509. The highest BCUT2D eigenvalue weighted by molar-refractivity contribution is 7.90. The van der Waals surface area contributed by atoms with Gasteiger partial charge in [-0.15, -0.1) is 0 Å². The first-order valence-corrected chi connectivity index (χ1v) is 12.6. The van der Waals surface area contributed by atoms with Gasteiger partial charge in [0.25, 0.3) is 10.0 Å². The minimum Gasteiger partial charge on any atom is -0.354 e. The molecule has 7 nitrogen and oxygen atoms in total. The molecule has 0 bridgehead atoms. The van der Waals surface area contributed by atoms with E-state index in [0.29, 0.717) is 18.5 Å². The van der Waals surface area contributed by atoms with Crippen LogP contribution in [0.15, 0.2) is 64.5 Å². The third-order valence-electron chi connectivity index (χ3n) is 5.39. The molecule has 1 heterocycles. The van der Waals surface area contributed by atoms with E-state index in [4.69, 9.17) is 0 Å². The van der Waals surface area contributed by atoms with Crippen LogP contribution >= 0.6 is 0 Å². The van der Waals surface area contributed by atoms with Crippen LogP contribution in [-0.4, -0.2) is 51.2 Å². The number of rotatable bonds is 11. The number of hydrogen-bond acceptors (Lipinski definition) is 5. The van der Waals surface area contributed by atoms with E-state index >= 15 is 0 Å². The van der Waals surface area contributed by atoms with Crippen LogP contribution in [0.1, 0.15) is 43.7 Å². The Hall–Kier alpha value is -2.71. The third kappa shape index (κ3) is 6.40. The van der Waals surface area contributed by atoms with Gasteiger partial charge >= 0.3 is 0 Å². The van der Waals surface area contributed by atoms with Crippen molar-refractivity contribution in [3.8, 4) is 0 Å². The predicted octanol–water partition coefficient (Wildman–Crippen LogP) is 2.92. The third-order valence-corrected chi connectivity index (χ3v) is 6.79. The summed E-state index contributed by atoms with van der Waals surface area (Å²) in [6.45, 7) is 4.32. The van der Waals surface area contributed by atoms with Crippen molar-refractivity contribution in [2.24, 2.45) is 4.99 Å². The highest BCUT2D eigenvalue weighted by Gasteiger charge is 2.31. The molecule has 2 N–H and O–H groups in total. The van der Waals surface area contributed by atoms with Crippen LogP contribution in [0.25, 0.3) is 0 Å². The number of carbonyl (C=O) groups is 1. The van der Waals surface area contributed by atoms with E-state index in [1.54, 1.807) is 24.3 Å². The Labute approximate surface area is 191 Å². The number of carbonyl (C=O) groups excluding carboxylic acids is 1. The lowest BCUT2D eigenvalue weighted by atomic mass is 10.1. The van der Waals surface area contributed by atoms with Crippen LogP contribution in [0.4, 0.5) is 0 Å². The average molecular weight is 457 g/mol. The normalized spacial score (nSPS) is 16.5. The minimum atomic E-state index is -3.62. The van der Waals surface area contributed by atoms with Crippen LogP contribution in [0.2, 0.25) is 0 Å². The lowest BCUT2D eigenvalue weighted by molar-refractivity contribution is -0.122. The Morgan fingerprint density at radius 1 is 1.09 bits per heavy atom. The van der Waals surface area contributed by atoms with Gasteiger partial charge in [-0.25, -0.2) is 8.42 Å². The van der Waals surface area contributed by atoms with Gasteiger partial charge in [-0.05, 0) is 44.1 Å². The Balaban J connectivity index is 1.57. The molecule has 3 rings (SSSR count). The maximum Gasteiger partial charge on any atom is 0.263 e. The SMILES string of the molecule is CCCCC(N=C1NS(=O)(=O)c2ccccc21)C(=O)NCCCN(C)Cc1ccccc1. The first-order chi connectivity index (χ1) is 15.4. The van der Waals surface area contributed by atoms with Gasteiger partial charge in [0.1, 0.15) is 11.9 Å². The lowest BCUT2D eigenvalue weighted by Gasteiger charge is -2.18. The summed E-state index contributed by atoms with van der Waals surface area (Å²) < 4.78 is 27.2. The summed E-state index contributed by atoms with van der Waals surface area (Å²) in [5.74, 6) is 0.0830. The van der Waals surface area contributed by atoms with Gasteiger partial charge in [-0.3, -0.25) is 14.5 Å². The van der Waals surface area contributed by atoms with Crippen LogP contribution in [0, 0.1) is 0 Å². The Bertz CT molecular complexity index is 1040. The fourth-order valence-corrected chi connectivity index (χ4v) is 4.93. The molecule has 0 saturated heterocycles.